The molecular weight excluding hydrogens is 378 g/mol. The highest BCUT2D eigenvalue weighted by Gasteiger charge is 2.30. The maximum Gasteiger partial charge on any atom is 0.248 e. The fourth-order valence-electron chi connectivity index (χ4n) is 3.56. The van der Waals surface area contributed by atoms with Crippen molar-refractivity contribution in [2.45, 2.75) is 50.5 Å². The maximum absolute atomic E-state index is 13.0. The van der Waals surface area contributed by atoms with Crippen LogP contribution in [0.2, 0.25) is 0 Å². The summed E-state index contributed by atoms with van der Waals surface area (Å²) in [6.45, 7) is 5.30. The molecule has 152 valence electrons. The molecule has 1 aromatic heterocycles. The van der Waals surface area contributed by atoms with Crippen molar-refractivity contribution in [1.82, 2.24) is 14.6 Å². The molecular formula is C20H27N3O4S. The zero-order valence-corrected chi connectivity index (χ0v) is 17.1. The van der Waals surface area contributed by atoms with Crippen molar-refractivity contribution in [3.05, 3.63) is 40.7 Å². The molecule has 1 atom stereocenters. The van der Waals surface area contributed by atoms with Crippen LogP contribution in [0.4, 0.5) is 0 Å². The summed E-state index contributed by atoms with van der Waals surface area (Å²) in [5.74, 6) is 0.0187. The number of nitrogens with one attached hydrogen (secondary N) is 2. The Balaban J connectivity index is 1.86. The lowest BCUT2D eigenvalue weighted by atomic mass is 10.0. The van der Waals surface area contributed by atoms with Crippen LogP contribution in [0.5, 0.6) is 0 Å². The first-order valence-corrected chi connectivity index (χ1v) is 11.2. The molecule has 2 N–H and O–H groups in total. The van der Waals surface area contributed by atoms with Crippen LogP contribution < -0.4 is 10.3 Å². The van der Waals surface area contributed by atoms with E-state index in [-0.39, 0.29) is 22.3 Å². The molecule has 2 heterocycles. The van der Waals surface area contributed by atoms with Gasteiger partial charge < -0.3 is 9.88 Å². The van der Waals surface area contributed by atoms with E-state index in [0.717, 1.165) is 19.3 Å². The van der Waals surface area contributed by atoms with Gasteiger partial charge in [0, 0.05) is 24.7 Å². The van der Waals surface area contributed by atoms with Crippen LogP contribution in [-0.4, -0.2) is 43.3 Å². The zero-order valence-electron chi connectivity index (χ0n) is 16.3. The summed E-state index contributed by atoms with van der Waals surface area (Å²) in [6.07, 6.45) is 3.45. The Kier molecular flexibility index (Phi) is 6.20. The quantitative estimate of drug-likeness (QED) is 0.770. The topological polar surface area (TPSA) is 99.3 Å². The van der Waals surface area contributed by atoms with E-state index in [1.807, 2.05) is 13.8 Å². The molecule has 0 spiro atoms. The number of piperidine rings is 1. The molecule has 2 aromatic rings. The van der Waals surface area contributed by atoms with Crippen molar-refractivity contribution in [3.63, 3.8) is 0 Å². The SMILES string of the molecule is CC(C)C[C@@H](NS(=O)(=O)c1ccc2[nH]c(=O)ccc2c1)C(=O)N1CCCCC1. The van der Waals surface area contributed by atoms with E-state index in [9.17, 15) is 18.0 Å². The summed E-state index contributed by atoms with van der Waals surface area (Å²) in [6, 6.07) is 6.67. The van der Waals surface area contributed by atoms with Gasteiger partial charge in [0.1, 0.15) is 6.04 Å². The predicted octanol–water partition coefficient (Wildman–Crippen LogP) is 2.23. The Hall–Kier alpha value is -2.19. The second-order valence-corrected chi connectivity index (χ2v) is 9.47. The molecule has 1 amide bonds. The number of carbonyl (C=O) groups is 1. The Morgan fingerprint density at radius 2 is 1.86 bits per heavy atom. The van der Waals surface area contributed by atoms with Crippen LogP contribution in [0.3, 0.4) is 0 Å². The van der Waals surface area contributed by atoms with Crippen molar-refractivity contribution in [1.29, 1.82) is 0 Å². The first-order chi connectivity index (χ1) is 13.3. The number of amides is 1. The number of likely N-dealkylation sites (tertiary alicyclic amines) is 1. The summed E-state index contributed by atoms with van der Waals surface area (Å²) in [5, 5.41) is 0.616. The highest BCUT2D eigenvalue weighted by Crippen LogP contribution is 2.19. The van der Waals surface area contributed by atoms with E-state index < -0.39 is 16.1 Å². The lowest BCUT2D eigenvalue weighted by Crippen LogP contribution is -2.50. The van der Waals surface area contributed by atoms with E-state index in [1.54, 1.807) is 17.0 Å². The molecule has 3 rings (SSSR count). The molecule has 8 heteroatoms. The van der Waals surface area contributed by atoms with Crippen LogP contribution in [0.15, 0.2) is 40.0 Å². The summed E-state index contributed by atoms with van der Waals surface area (Å²) in [5.41, 5.74) is 0.319. The first kappa shape index (κ1) is 20.5. The van der Waals surface area contributed by atoms with Gasteiger partial charge >= 0.3 is 0 Å². The van der Waals surface area contributed by atoms with Crippen molar-refractivity contribution >= 4 is 26.8 Å². The van der Waals surface area contributed by atoms with Crippen LogP contribution in [0.1, 0.15) is 39.5 Å². The number of benzene rings is 1. The number of rotatable bonds is 6. The Labute approximate surface area is 165 Å². The fraction of sp³-hybridized carbons (Fsp3) is 0.500. The molecule has 1 aromatic carbocycles. The minimum atomic E-state index is -3.88. The van der Waals surface area contributed by atoms with Crippen LogP contribution >= 0.6 is 0 Å². The van der Waals surface area contributed by atoms with Gasteiger partial charge in [0.05, 0.1) is 4.90 Å². The van der Waals surface area contributed by atoms with Crippen molar-refractivity contribution in [3.8, 4) is 0 Å². The smallest absolute Gasteiger partial charge is 0.248 e. The molecule has 7 nitrogen and oxygen atoms in total. The largest absolute Gasteiger partial charge is 0.341 e. The summed E-state index contributed by atoms with van der Waals surface area (Å²) < 4.78 is 28.6. The standard InChI is InChI=1S/C20H27N3O4S/c1-14(2)12-18(20(25)23-10-4-3-5-11-23)22-28(26,27)16-7-8-17-15(13-16)6-9-19(24)21-17/h6-9,13-14,18,22H,3-5,10-12H2,1-2H3,(H,21,24)/t18-/m1/s1. The summed E-state index contributed by atoms with van der Waals surface area (Å²) in [4.78, 5) is 28.9. The summed E-state index contributed by atoms with van der Waals surface area (Å²) in [7, 11) is -3.88. The van der Waals surface area contributed by atoms with Gasteiger partial charge in [0.25, 0.3) is 0 Å². The number of nitrogens with zero attached hydrogens (tertiary/aromatic N) is 1. The first-order valence-electron chi connectivity index (χ1n) is 9.70. The number of H-pyrrole nitrogens is 1. The number of aromatic amines is 1. The monoisotopic (exact) mass is 405 g/mol. The van der Waals surface area contributed by atoms with Gasteiger partial charge in [-0.25, -0.2) is 8.42 Å². The Morgan fingerprint density at radius 3 is 2.54 bits per heavy atom. The lowest BCUT2D eigenvalue weighted by molar-refractivity contribution is -0.134. The molecule has 1 aliphatic rings. The number of hydrogen-bond acceptors (Lipinski definition) is 4. The van der Waals surface area contributed by atoms with Gasteiger partial charge in [-0.1, -0.05) is 13.8 Å². The number of pyridine rings is 1. The molecule has 0 unspecified atom stereocenters. The van der Waals surface area contributed by atoms with E-state index in [4.69, 9.17) is 0 Å². The highest BCUT2D eigenvalue weighted by atomic mass is 32.2. The lowest BCUT2D eigenvalue weighted by Gasteiger charge is -2.31. The predicted molar refractivity (Wildman–Crippen MR) is 109 cm³/mol. The average molecular weight is 406 g/mol. The molecule has 0 aliphatic carbocycles. The summed E-state index contributed by atoms with van der Waals surface area (Å²) >= 11 is 0. The molecule has 1 fully saturated rings. The normalized spacial score (nSPS) is 16.5. The van der Waals surface area contributed by atoms with Gasteiger partial charge in [-0.05, 0) is 61.3 Å². The molecule has 0 bridgehead atoms. The molecule has 0 radical (unpaired) electrons. The minimum absolute atomic E-state index is 0.0762. The molecule has 0 saturated carbocycles. The molecule has 1 saturated heterocycles. The average Bonchev–Trinajstić information content (AvgIpc) is 2.66. The molecule has 1 aliphatic heterocycles. The van der Waals surface area contributed by atoms with Crippen LogP contribution in [0, 0.1) is 5.92 Å². The van der Waals surface area contributed by atoms with Crippen molar-refractivity contribution in [2.24, 2.45) is 5.92 Å². The third-order valence-electron chi connectivity index (χ3n) is 4.98. The maximum atomic E-state index is 13.0. The second-order valence-electron chi connectivity index (χ2n) is 7.76. The van der Waals surface area contributed by atoms with E-state index in [1.165, 1.54) is 18.2 Å². The van der Waals surface area contributed by atoms with E-state index in [2.05, 4.69) is 9.71 Å². The van der Waals surface area contributed by atoms with Gasteiger partial charge in [0.2, 0.25) is 21.5 Å². The third kappa shape index (κ3) is 4.80. The van der Waals surface area contributed by atoms with Gasteiger partial charge in [-0.15, -0.1) is 0 Å². The minimum Gasteiger partial charge on any atom is -0.341 e. The van der Waals surface area contributed by atoms with Crippen molar-refractivity contribution in [2.75, 3.05) is 13.1 Å². The third-order valence-corrected chi connectivity index (χ3v) is 6.45. The Morgan fingerprint density at radius 1 is 1.14 bits per heavy atom. The van der Waals surface area contributed by atoms with E-state index >= 15 is 0 Å². The number of sulfonamides is 1. The molecule has 28 heavy (non-hydrogen) atoms. The number of carbonyl (C=O) groups excluding carboxylic acids is 1. The zero-order chi connectivity index (χ0) is 20.3. The second kappa shape index (κ2) is 8.45. The highest BCUT2D eigenvalue weighted by molar-refractivity contribution is 7.89. The van der Waals surface area contributed by atoms with Gasteiger partial charge in [-0.3, -0.25) is 9.59 Å². The number of fused-ring (bicyclic) bond motifs is 1. The number of aromatic nitrogens is 1. The van der Waals surface area contributed by atoms with Crippen molar-refractivity contribution < 1.29 is 13.2 Å². The van der Waals surface area contributed by atoms with Crippen LogP contribution in [0.25, 0.3) is 10.9 Å². The van der Waals surface area contributed by atoms with Crippen LogP contribution in [-0.2, 0) is 14.8 Å². The fourth-order valence-corrected chi connectivity index (χ4v) is 4.80. The van der Waals surface area contributed by atoms with Gasteiger partial charge in [-0.2, -0.15) is 4.72 Å². The van der Waals surface area contributed by atoms with Gasteiger partial charge in [0.15, 0.2) is 0 Å². The number of hydrogen-bond donors (Lipinski definition) is 2. The van der Waals surface area contributed by atoms with E-state index in [0.29, 0.717) is 30.4 Å². The Bertz CT molecular complexity index is 1010.